The van der Waals surface area contributed by atoms with E-state index in [4.69, 9.17) is 19.9 Å². The molecule has 0 bridgehead atoms. The highest BCUT2D eigenvalue weighted by molar-refractivity contribution is 7.25. The van der Waals surface area contributed by atoms with Crippen molar-refractivity contribution in [3.05, 3.63) is 157 Å². The Morgan fingerprint density at radius 1 is 0.440 bits per heavy atom. The molecule has 0 fully saturated rings. The number of thiophene rings is 1. The Balaban J connectivity index is 1.14. The highest BCUT2D eigenvalue weighted by atomic mass is 32.1. The van der Waals surface area contributed by atoms with E-state index >= 15 is 0 Å². The normalized spacial score (nSPS) is 13.2. The average molecular weight is 659 g/mol. The van der Waals surface area contributed by atoms with Gasteiger partial charge in [0, 0.05) is 48.5 Å². The minimum Gasteiger partial charge on any atom is -0.236 e. The summed E-state index contributed by atoms with van der Waals surface area (Å²) >= 11 is 1.75. The first-order chi connectivity index (χ1) is 24.5. The predicted octanol–water partition coefficient (Wildman–Crippen LogP) is 11.8. The van der Waals surface area contributed by atoms with Crippen molar-refractivity contribution in [2.24, 2.45) is 0 Å². The van der Waals surface area contributed by atoms with Crippen molar-refractivity contribution in [3.63, 3.8) is 0 Å². The van der Waals surface area contributed by atoms with Gasteiger partial charge in [-0.15, -0.1) is 11.3 Å². The second-order valence-corrected chi connectivity index (χ2v) is 14.5. The molecule has 0 aliphatic heterocycles. The largest absolute Gasteiger partial charge is 0.236 e. The first-order valence-electron chi connectivity index (χ1n) is 16.9. The minimum atomic E-state index is -0.125. The van der Waals surface area contributed by atoms with Crippen molar-refractivity contribution in [2.75, 3.05) is 0 Å². The van der Waals surface area contributed by atoms with Crippen molar-refractivity contribution < 1.29 is 0 Å². The lowest BCUT2D eigenvalue weighted by Crippen LogP contribution is -2.15. The molecule has 0 unspecified atom stereocenters. The highest BCUT2D eigenvalue weighted by Crippen LogP contribution is 2.49. The zero-order valence-electron chi connectivity index (χ0n) is 27.6. The van der Waals surface area contributed by atoms with Crippen LogP contribution in [0.3, 0.4) is 0 Å². The number of benzene rings is 6. The van der Waals surface area contributed by atoms with Crippen LogP contribution in [0.15, 0.2) is 146 Å². The number of hydrogen-bond acceptors (Lipinski definition) is 5. The quantitative estimate of drug-likeness (QED) is 0.189. The van der Waals surface area contributed by atoms with Gasteiger partial charge in [0.15, 0.2) is 17.5 Å². The Labute approximate surface area is 293 Å². The summed E-state index contributed by atoms with van der Waals surface area (Å²) in [4.78, 5) is 21.6. The molecule has 0 amide bonds. The van der Waals surface area contributed by atoms with Gasteiger partial charge in [0.1, 0.15) is 4.83 Å². The van der Waals surface area contributed by atoms with E-state index in [-0.39, 0.29) is 5.41 Å². The van der Waals surface area contributed by atoms with E-state index in [9.17, 15) is 0 Å². The fourth-order valence-electron chi connectivity index (χ4n) is 7.66. The third kappa shape index (κ3) is 4.44. The summed E-state index contributed by atoms with van der Waals surface area (Å²) in [6, 6.07) is 51.2. The van der Waals surface area contributed by atoms with Crippen molar-refractivity contribution in [1.82, 2.24) is 19.9 Å². The van der Waals surface area contributed by atoms with Gasteiger partial charge in [-0.1, -0.05) is 141 Å². The summed E-state index contributed by atoms with van der Waals surface area (Å²) in [5.41, 5.74) is 9.91. The monoisotopic (exact) mass is 658 g/mol. The van der Waals surface area contributed by atoms with Gasteiger partial charge in [-0.3, -0.25) is 0 Å². The van der Waals surface area contributed by atoms with Crippen LogP contribution in [0.5, 0.6) is 0 Å². The van der Waals surface area contributed by atoms with Crippen molar-refractivity contribution in [3.8, 4) is 56.5 Å². The third-order valence-corrected chi connectivity index (χ3v) is 11.2. The third-order valence-electron chi connectivity index (χ3n) is 10.1. The molecule has 3 heterocycles. The van der Waals surface area contributed by atoms with Crippen LogP contribution >= 0.6 is 11.3 Å². The van der Waals surface area contributed by atoms with Gasteiger partial charge in [-0.05, 0) is 45.8 Å². The maximum atomic E-state index is 5.31. The summed E-state index contributed by atoms with van der Waals surface area (Å²) in [5.74, 6) is 1.93. The Morgan fingerprint density at radius 3 is 1.86 bits per heavy atom. The van der Waals surface area contributed by atoms with Crippen LogP contribution in [0.25, 0.3) is 87.6 Å². The first-order valence-corrected chi connectivity index (χ1v) is 17.7. The van der Waals surface area contributed by atoms with Gasteiger partial charge in [0.2, 0.25) is 0 Å². The molecule has 4 nitrogen and oxygen atoms in total. The summed E-state index contributed by atoms with van der Waals surface area (Å²) < 4.78 is 1.25. The number of nitrogens with zero attached hydrogens (tertiary/aromatic N) is 4. The molecule has 50 heavy (non-hydrogen) atoms. The second kappa shape index (κ2) is 11.0. The first kappa shape index (κ1) is 28.9. The number of fused-ring (bicyclic) bond motifs is 8. The Morgan fingerprint density at radius 2 is 1.04 bits per heavy atom. The van der Waals surface area contributed by atoms with Crippen LogP contribution in [0.1, 0.15) is 25.0 Å². The standard InChI is InChI=1S/C45H30N4S/c1-45(2)36-21-10-8-17-31(36)32-24-23-30(26-37(32)45)43-48-41(27-13-4-3-5-14-27)47-42(49-43)29-16-12-15-28(25-29)40-34-19-7-6-18-33(34)39-35-20-9-11-22-38(35)50-44(39)46-40/h3-26H,1-2H3. The van der Waals surface area contributed by atoms with Gasteiger partial charge in [-0.25, -0.2) is 19.9 Å². The summed E-state index contributed by atoms with van der Waals surface area (Å²) in [6.07, 6.45) is 0. The fourth-order valence-corrected chi connectivity index (χ4v) is 8.75. The molecule has 0 saturated carbocycles. The molecule has 1 aliphatic carbocycles. The molecular formula is C45H30N4S. The van der Waals surface area contributed by atoms with E-state index in [1.54, 1.807) is 11.3 Å². The molecule has 0 spiro atoms. The van der Waals surface area contributed by atoms with E-state index in [1.165, 1.54) is 43.1 Å². The highest BCUT2D eigenvalue weighted by Gasteiger charge is 2.35. The maximum absolute atomic E-state index is 5.31. The molecule has 0 saturated heterocycles. The smallest absolute Gasteiger partial charge is 0.164 e. The summed E-state index contributed by atoms with van der Waals surface area (Å²) in [7, 11) is 0. The van der Waals surface area contributed by atoms with Crippen LogP contribution in [0.4, 0.5) is 0 Å². The van der Waals surface area contributed by atoms with Crippen molar-refractivity contribution in [1.29, 1.82) is 0 Å². The lowest BCUT2D eigenvalue weighted by atomic mass is 9.82. The number of aromatic nitrogens is 4. The van der Waals surface area contributed by atoms with Gasteiger partial charge in [0.05, 0.1) is 5.69 Å². The second-order valence-electron chi connectivity index (χ2n) is 13.5. The molecular weight excluding hydrogens is 629 g/mol. The lowest BCUT2D eigenvalue weighted by molar-refractivity contribution is 0.660. The minimum absolute atomic E-state index is 0.125. The Kier molecular flexibility index (Phi) is 6.36. The van der Waals surface area contributed by atoms with Crippen LogP contribution in [-0.2, 0) is 5.41 Å². The fraction of sp³-hybridized carbons (Fsp3) is 0.0667. The Bertz CT molecular complexity index is 2800. The molecule has 236 valence electrons. The van der Waals surface area contributed by atoms with Gasteiger partial charge in [0.25, 0.3) is 0 Å². The Hall–Kier alpha value is -6.04. The topological polar surface area (TPSA) is 51.6 Å². The van der Waals surface area contributed by atoms with E-state index in [1.807, 2.05) is 18.2 Å². The molecule has 6 aromatic carbocycles. The molecule has 0 atom stereocenters. The van der Waals surface area contributed by atoms with Gasteiger partial charge < -0.3 is 0 Å². The number of pyridine rings is 1. The molecule has 0 N–H and O–H groups in total. The summed E-state index contributed by atoms with van der Waals surface area (Å²) in [6.45, 7) is 4.60. The zero-order valence-corrected chi connectivity index (χ0v) is 28.4. The van der Waals surface area contributed by atoms with E-state index in [2.05, 4.69) is 141 Å². The molecule has 10 rings (SSSR count). The summed E-state index contributed by atoms with van der Waals surface area (Å²) in [5, 5.41) is 4.81. The number of rotatable bonds is 4. The van der Waals surface area contributed by atoms with Crippen molar-refractivity contribution >= 4 is 42.4 Å². The van der Waals surface area contributed by atoms with Gasteiger partial charge in [-0.2, -0.15) is 0 Å². The van der Waals surface area contributed by atoms with Crippen molar-refractivity contribution in [2.45, 2.75) is 19.3 Å². The lowest BCUT2D eigenvalue weighted by Gasteiger charge is -2.21. The SMILES string of the molecule is CC1(C)c2ccccc2-c2ccc(-c3nc(-c4ccccc4)nc(-c4cccc(-c5nc6sc7ccccc7c6c6ccccc56)c4)n3)cc21. The van der Waals surface area contributed by atoms with Crippen LogP contribution in [-0.4, -0.2) is 19.9 Å². The molecule has 0 radical (unpaired) electrons. The average Bonchev–Trinajstić information content (AvgIpc) is 3.66. The molecule has 5 heteroatoms. The predicted molar refractivity (Wildman–Crippen MR) is 207 cm³/mol. The maximum Gasteiger partial charge on any atom is 0.164 e. The number of hydrogen-bond donors (Lipinski definition) is 0. The molecule has 1 aliphatic rings. The van der Waals surface area contributed by atoms with Crippen LogP contribution in [0, 0.1) is 0 Å². The van der Waals surface area contributed by atoms with E-state index < -0.39 is 0 Å². The molecule has 9 aromatic rings. The van der Waals surface area contributed by atoms with Gasteiger partial charge >= 0.3 is 0 Å². The zero-order chi connectivity index (χ0) is 33.4. The van der Waals surface area contributed by atoms with Crippen LogP contribution < -0.4 is 0 Å². The van der Waals surface area contributed by atoms with E-state index in [0.29, 0.717) is 17.5 Å². The van der Waals surface area contributed by atoms with Crippen LogP contribution in [0.2, 0.25) is 0 Å². The molecule has 3 aromatic heterocycles. The van der Waals surface area contributed by atoms with E-state index in [0.717, 1.165) is 38.2 Å².